The zero-order valence-electron chi connectivity index (χ0n) is 11.4. The number of ketones is 1. The monoisotopic (exact) mass is 281 g/mol. The summed E-state index contributed by atoms with van der Waals surface area (Å²) in [4.78, 5) is 19.1. The molecular formula is C16H15N3O2. The summed E-state index contributed by atoms with van der Waals surface area (Å²) >= 11 is 0. The Bertz CT molecular complexity index is 730. The largest absolute Gasteiger partial charge is 0.486 e. The number of benzene rings is 2. The topological polar surface area (TPSA) is 81.0 Å². The second kappa shape index (κ2) is 5.76. The van der Waals surface area contributed by atoms with E-state index in [1.807, 2.05) is 24.3 Å². The van der Waals surface area contributed by atoms with Crippen LogP contribution in [0.1, 0.15) is 16.2 Å². The van der Waals surface area contributed by atoms with Gasteiger partial charge in [-0.15, -0.1) is 0 Å². The highest BCUT2D eigenvalue weighted by Gasteiger charge is 2.05. The number of Topliss-reactive ketones (excluding diaryl/α,β-unsaturated/α-hetero) is 1. The molecule has 0 amide bonds. The molecule has 0 radical (unpaired) electrons. The van der Waals surface area contributed by atoms with E-state index in [0.29, 0.717) is 17.9 Å². The number of carbonyl (C=O) groups excluding carboxylic acids is 1. The van der Waals surface area contributed by atoms with E-state index in [2.05, 4.69) is 9.97 Å². The Morgan fingerprint density at radius 3 is 2.62 bits per heavy atom. The van der Waals surface area contributed by atoms with Gasteiger partial charge in [0.05, 0.1) is 17.6 Å². The third kappa shape index (κ3) is 2.93. The Balaban J connectivity index is 1.68. The predicted octanol–water partition coefficient (Wildman–Crippen LogP) is 2.28. The van der Waals surface area contributed by atoms with Crippen LogP contribution < -0.4 is 10.5 Å². The molecule has 1 aromatic heterocycles. The number of fused-ring (bicyclic) bond motifs is 1. The zero-order valence-corrected chi connectivity index (χ0v) is 11.4. The normalized spacial score (nSPS) is 10.7. The number of nitrogens with one attached hydrogen (secondary N) is 1. The Hall–Kier alpha value is -2.66. The highest BCUT2D eigenvalue weighted by Crippen LogP contribution is 2.15. The number of hydrogen-bond acceptors (Lipinski definition) is 4. The number of ether oxygens (including phenoxy) is 1. The summed E-state index contributed by atoms with van der Waals surface area (Å²) in [6, 6.07) is 14.8. The van der Waals surface area contributed by atoms with Gasteiger partial charge in [-0.05, 0) is 36.4 Å². The van der Waals surface area contributed by atoms with Crippen LogP contribution in [0.4, 0.5) is 0 Å². The van der Waals surface area contributed by atoms with E-state index in [-0.39, 0.29) is 12.3 Å². The van der Waals surface area contributed by atoms with Crippen LogP contribution in [-0.4, -0.2) is 22.3 Å². The molecule has 0 unspecified atom stereocenters. The first kappa shape index (κ1) is 13.3. The number of aromatic nitrogens is 2. The summed E-state index contributed by atoms with van der Waals surface area (Å²) in [5.41, 5.74) is 7.81. The second-order valence-corrected chi connectivity index (χ2v) is 4.64. The number of imidazole rings is 1. The maximum absolute atomic E-state index is 11.4. The first-order chi connectivity index (χ1) is 10.3. The van der Waals surface area contributed by atoms with Gasteiger partial charge < -0.3 is 15.5 Å². The van der Waals surface area contributed by atoms with Crippen molar-refractivity contribution in [2.45, 2.75) is 6.61 Å². The lowest BCUT2D eigenvalue weighted by atomic mass is 10.1. The van der Waals surface area contributed by atoms with Gasteiger partial charge in [0, 0.05) is 5.56 Å². The Labute approximate surface area is 121 Å². The van der Waals surface area contributed by atoms with Crippen molar-refractivity contribution < 1.29 is 9.53 Å². The molecule has 106 valence electrons. The van der Waals surface area contributed by atoms with E-state index in [1.165, 1.54) is 0 Å². The molecule has 0 saturated heterocycles. The quantitative estimate of drug-likeness (QED) is 0.703. The van der Waals surface area contributed by atoms with Crippen molar-refractivity contribution in [1.82, 2.24) is 9.97 Å². The molecule has 2 aromatic carbocycles. The van der Waals surface area contributed by atoms with E-state index < -0.39 is 0 Å². The highest BCUT2D eigenvalue weighted by molar-refractivity contribution is 5.97. The van der Waals surface area contributed by atoms with Crippen LogP contribution in [0.25, 0.3) is 11.0 Å². The summed E-state index contributed by atoms with van der Waals surface area (Å²) in [7, 11) is 0. The SMILES string of the molecule is NCC(=O)c1ccc(OCc2nc3ccccc3[nH]2)cc1. The number of nitrogens with two attached hydrogens (primary N) is 1. The van der Waals surface area contributed by atoms with Crippen molar-refractivity contribution in [3.8, 4) is 5.75 Å². The van der Waals surface area contributed by atoms with Gasteiger partial charge in [-0.1, -0.05) is 12.1 Å². The lowest BCUT2D eigenvalue weighted by molar-refractivity contribution is 0.100. The van der Waals surface area contributed by atoms with E-state index in [1.54, 1.807) is 24.3 Å². The molecule has 1 heterocycles. The maximum atomic E-state index is 11.4. The van der Waals surface area contributed by atoms with Gasteiger partial charge in [0.15, 0.2) is 5.78 Å². The molecule has 3 N–H and O–H groups in total. The van der Waals surface area contributed by atoms with E-state index in [0.717, 1.165) is 16.9 Å². The van der Waals surface area contributed by atoms with Crippen molar-refractivity contribution in [2.75, 3.05) is 6.54 Å². The summed E-state index contributed by atoms with van der Waals surface area (Å²) in [5, 5.41) is 0. The number of nitrogens with zero attached hydrogens (tertiary/aromatic N) is 1. The smallest absolute Gasteiger partial charge is 0.176 e. The minimum Gasteiger partial charge on any atom is -0.486 e. The molecule has 0 bridgehead atoms. The minimum atomic E-state index is -0.0844. The molecule has 0 aliphatic heterocycles. The molecule has 5 nitrogen and oxygen atoms in total. The molecule has 0 fully saturated rings. The Morgan fingerprint density at radius 1 is 1.14 bits per heavy atom. The molecule has 3 aromatic rings. The number of aromatic amines is 1. The van der Waals surface area contributed by atoms with Crippen LogP contribution in [0.5, 0.6) is 5.75 Å². The molecule has 0 atom stereocenters. The van der Waals surface area contributed by atoms with Crippen molar-refractivity contribution in [3.05, 3.63) is 59.9 Å². The van der Waals surface area contributed by atoms with Crippen LogP contribution in [0, 0.1) is 0 Å². The van der Waals surface area contributed by atoms with Crippen molar-refractivity contribution in [3.63, 3.8) is 0 Å². The number of H-pyrrole nitrogens is 1. The first-order valence-corrected chi connectivity index (χ1v) is 6.66. The summed E-state index contributed by atoms with van der Waals surface area (Å²) in [6.45, 7) is 0.359. The third-order valence-corrected chi connectivity index (χ3v) is 3.18. The number of rotatable bonds is 5. The maximum Gasteiger partial charge on any atom is 0.176 e. The summed E-state index contributed by atoms with van der Waals surface area (Å²) < 4.78 is 5.65. The molecule has 3 rings (SSSR count). The minimum absolute atomic E-state index is 0.0131. The number of para-hydroxylation sites is 2. The van der Waals surface area contributed by atoms with Gasteiger partial charge in [0.25, 0.3) is 0 Å². The number of carbonyl (C=O) groups is 1. The van der Waals surface area contributed by atoms with Gasteiger partial charge in [-0.3, -0.25) is 4.79 Å². The molecule has 0 saturated carbocycles. The van der Waals surface area contributed by atoms with Gasteiger partial charge in [0.2, 0.25) is 0 Å². The molecule has 0 spiro atoms. The number of hydrogen-bond donors (Lipinski definition) is 2. The fourth-order valence-electron chi connectivity index (χ4n) is 2.08. The average molecular weight is 281 g/mol. The van der Waals surface area contributed by atoms with E-state index >= 15 is 0 Å². The van der Waals surface area contributed by atoms with Crippen LogP contribution in [0.3, 0.4) is 0 Å². The fourth-order valence-corrected chi connectivity index (χ4v) is 2.08. The van der Waals surface area contributed by atoms with Gasteiger partial charge in [0.1, 0.15) is 18.2 Å². The van der Waals surface area contributed by atoms with E-state index in [9.17, 15) is 4.79 Å². The molecule has 0 aliphatic carbocycles. The standard InChI is InChI=1S/C16H15N3O2/c17-9-15(20)11-5-7-12(8-6-11)21-10-16-18-13-3-1-2-4-14(13)19-16/h1-8H,9-10,17H2,(H,18,19). The lowest BCUT2D eigenvalue weighted by Gasteiger charge is -2.05. The van der Waals surface area contributed by atoms with Crippen molar-refractivity contribution in [2.24, 2.45) is 5.73 Å². The predicted molar refractivity (Wildman–Crippen MR) is 80.3 cm³/mol. The molecule has 5 heteroatoms. The molecule has 21 heavy (non-hydrogen) atoms. The van der Waals surface area contributed by atoms with Crippen LogP contribution in [-0.2, 0) is 6.61 Å². The van der Waals surface area contributed by atoms with Crippen LogP contribution in [0.2, 0.25) is 0 Å². The Kier molecular flexibility index (Phi) is 3.66. The van der Waals surface area contributed by atoms with Gasteiger partial charge in [-0.25, -0.2) is 4.98 Å². The van der Waals surface area contributed by atoms with Crippen LogP contribution >= 0.6 is 0 Å². The fraction of sp³-hybridized carbons (Fsp3) is 0.125. The summed E-state index contributed by atoms with van der Waals surface area (Å²) in [5.74, 6) is 1.36. The lowest BCUT2D eigenvalue weighted by Crippen LogP contribution is -2.13. The third-order valence-electron chi connectivity index (χ3n) is 3.18. The van der Waals surface area contributed by atoms with Crippen molar-refractivity contribution in [1.29, 1.82) is 0 Å². The molecule has 0 aliphatic rings. The van der Waals surface area contributed by atoms with Gasteiger partial charge in [-0.2, -0.15) is 0 Å². The first-order valence-electron chi connectivity index (χ1n) is 6.66. The van der Waals surface area contributed by atoms with Gasteiger partial charge >= 0.3 is 0 Å². The van der Waals surface area contributed by atoms with Crippen molar-refractivity contribution >= 4 is 16.8 Å². The van der Waals surface area contributed by atoms with Crippen LogP contribution in [0.15, 0.2) is 48.5 Å². The average Bonchev–Trinajstić information content (AvgIpc) is 2.95. The zero-order chi connectivity index (χ0) is 14.7. The van der Waals surface area contributed by atoms with E-state index in [4.69, 9.17) is 10.5 Å². The second-order valence-electron chi connectivity index (χ2n) is 4.64. The molecular weight excluding hydrogens is 266 g/mol. The summed E-state index contributed by atoms with van der Waals surface area (Å²) in [6.07, 6.45) is 0. The highest BCUT2D eigenvalue weighted by atomic mass is 16.5. The Morgan fingerprint density at radius 2 is 1.90 bits per heavy atom.